The molecular weight excluding hydrogens is 280 g/mol. The van der Waals surface area contributed by atoms with E-state index < -0.39 is 0 Å². The number of guanidine groups is 1. The van der Waals surface area contributed by atoms with Crippen LogP contribution in [0.1, 0.15) is 24.8 Å². The van der Waals surface area contributed by atoms with Crippen molar-refractivity contribution in [1.82, 2.24) is 4.90 Å². The molecular formula is C16H24N4O2. The van der Waals surface area contributed by atoms with Gasteiger partial charge >= 0.3 is 0 Å². The van der Waals surface area contributed by atoms with Crippen LogP contribution < -0.4 is 11.1 Å². The number of anilines is 1. The fourth-order valence-electron chi connectivity index (χ4n) is 2.50. The molecule has 22 heavy (non-hydrogen) atoms. The Morgan fingerprint density at radius 3 is 2.77 bits per heavy atom. The zero-order valence-electron chi connectivity index (χ0n) is 13.0. The molecule has 1 saturated heterocycles. The smallest absolute Gasteiger partial charge is 0.244 e. The third-order valence-corrected chi connectivity index (χ3v) is 3.67. The number of likely N-dealkylation sites (tertiary alicyclic amines) is 1. The number of ether oxygens (including phenoxy) is 1. The number of methoxy groups -OCH3 is 1. The summed E-state index contributed by atoms with van der Waals surface area (Å²) in [6.45, 7) is 2.24. The molecule has 1 heterocycles. The standard InChI is InChI=1S/C16H24N4O2/c1-22-12-13-7-3-4-8-14(13)19-16(17)18-11-15(21)20-9-5-2-6-10-20/h3-4,7-8H,2,5-6,9-12H2,1H3,(H3,17,18,19). The summed E-state index contributed by atoms with van der Waals surface area (Å²) >= 11 is 0. The van der Waals surface area contributed by atoms with E-state index in [9.17, 15) is 4.79 Å². The van der Waals surface area contributed by atoms with E-state index in [0.29, 0.717) is 6.61 Å². The van der Waals surface area contributed by atoms with E-state index in [1.54, 1.807) is 7.11 Å². The SMILES string of the molecule is COCc1ccccc1NC(N)=NCC(=O)N1CCCCC1. The number of para-hydroxylation sites is 1. The first-order valence-corrected chi connectivity index (χ1v) is 7.62. The summed E-state index contributed by atoms with van der Waals surface area (Å²) in [6.07, 6.45) is 3.36. The molecule has 0 saturated carbocycles. The number of hydrogen-bond donors (Lipinski definition) is 2. The number of piperidine rings is 1. The summed E-state index contributed by atoms with van der Waals surface area (Å²) < 4.78 is 5.15. The van der Waals surface area contributed by atoms with Crippen LogP contribution in [0.15, 0.2) is 29.3 Å². The molecule has 120 valence electrons. The molecule has 1 aliphatic heterocycles. The molecule has 0 atom stereocenters. The van der Waals surface area contributed by atoms with Crippen LogP contribution >= 0.6 is 0 Å². The highest BCUT2D eigenvalue weighted by atomic mass is 16.5. The third kappa shape index (κ3) is 4.73. The molecule has 1 aromatic rings. The predicted molar refractivity (Wildman–Crippen MR) is 87.7 cm³/mol. The lowest BCUT2D eigenvalue weighted by Gasteiger charge is -2.26. The Morgan fingerprint density at radius 1 is 1.32 bits per heavy atom. The van der Waals surface area contributed by atoms with Gasteiger partial charge in [0, 0.05) is 31.5 Å². The van der Waals surface area contributed by atoms with Gasteiger partial charge in [-0.1, -0.05) is 18.2 Å². The van der Waals surface area contributed by atoms with E-state index in [4.69, 9.17) is 10.5 Å². The highest BCUT2D eigenvalue weighted by molar-refractivity contribution is 5.94. The van der Waals surface area contributed by atoms with E-state index >= 15 is 0 Å². The molecule has 0 unspecified atom stereocenters. The minimum absolute atomic E-state index is 0.0367. The van der Waals surface area contributed by atoms with Crippen molar-refractivity contribution in [3.63, 3.8) is 0 Å². The first kappa shape index (κ1) is 16.3. The summed E-state index contributed by atoms with van der Waals surface area (Å²) in [6, 6.07) is 7.71. The quantitative estimate of drug-likeness (QED) is 0.639. The number of hydrogen-bond acceptors (Lipinski definition) is 3. The van der Waals surface area contributed by atoms with Crippen molar-refractivity contribution in [2.45, 2.75) is 25.9 Å². The number of carbonyl (C=O) groups is 1. The average Bonchev–Trinajstić information content (AvgIpc) is 2.55. The van der Waals surface area contributed by atoms with Gasteiger partial charge in [0.25, 0.3) is 0 Å². The Bertz CT molecular complexity index is 525. The number of benzene rings is 1. The Labute approximate surface area is 131 Å². The van der Waals surface area contributed by atoms with Gasteiger partial charge in [-0.05, 0) is 25.3 Å². The lowest BCUT2D eigenvalue weighted by atomic mass is 10.1. The van der Waals surface area contributed by atoms with E-state index in [1.807, 2.05) is 29.2 Å². The number of nitrogens with two attached hydrogens (primary N) is 1. The molecule has 1 fully saturated rings. The minimum atomic E-state index is 0.0367. The molecule has 2 rings (SSSR count). The maximum absolute atomic E-state index is 12.0. The molecule has 0 bridgehead atoms. The second kappa shape index (κ2) is 8.38. The molecule has 6 heteroatoms. The van der Waals surface area contributed by atoms with Crippen molar-refractivity contribution in [2.24, 2.45) is 10.7 Å². The Balaban J connectivity index is 1.91. The maximum atomic E-state index is 12.0. The first-order chi connectivity index (χ1) is 10.7. The highest BCUT2D eigenvalue weighted by Crippen LogP contribution is 2.15. The van der Waals surface area contributed by atoms with Crippen molar-refractivity contribution in [2.75, 3.05) is 32.1 Å². The summed E-state index contributed by atoms with van der Waals surface area (Å²) in [7, 11) is 1.64. The van der Waals surface area contributed by atoms with Gasteiger partial charge in [-0.15, -0.1) is 0 Å². The summed E-state index contributed by atoms with van der Waals surface area (Å²) in [5.74, 6) is 0.281. The molecule has 3 N–H and O–H groups in total. The zero-order valence-corrected chi connectivity index (χ0v) is 13.0. The maximum Gasteiger partial charge on any atom is 0.244 e. The van der Waals surface area contributed by atoms with Crippen LogP contribution in [0.3, 0.4) is 0 Å². The summed E-state index contributed by atoms with van der Waals surface area (Å²) in [5.41, 5.74) is 7.71. The van der Waals surface area contributed by atoms with E-state index in [-0.39, 0.29) is 18.4 Å². The molecule has 1 aromatic carbocycles. The van der Waals surface area contributed by atoms with Crippen molar-refractivity contribution >= 4 is 17.6 Å². The number of nitrogens with one attached hydrogen (secondary N) is 1. The van der Waals surface area contributed by atoms with Crippen LogP contribution in [0.5, 0.6) is 0 Å². The van der Waals surface area contributed by atoms with Gasteiger partial charge in [0.15, 0.2) is 5.96 Å². The molecule has 0 spiro atoms. The normalized spacial score (nSPS) is 15.7. The fraction of sp³-hybridized carbons (Fsp3) is 0.500. The van der Waals surface area contributed by atoms with Gasteiger partial charge in [0.2, 0.25) is 5.91 Å². The molecule has 0 radical (unpaired) electrons. The number of aliphatic imine (C=N–C) groups is 1. The van der Waals surface area contributed by atoms with Gasteiger partial charge in [-0.25, -0.2) is 4.99 Å². The van der Waals surface area contributed by atoms with Gasteiger partial charge in [0.05, 0.1) is 6.61 Å². The second-order valence-electron chi connectivity index (χ2n) is 5.36. The second-order valence-corrected chi connectivity index (χ2v) is 5.36. The van der Waals surface area contributed by atoms with Crippen molar-refractivity contribution < 1.29 is 9.53 Å². The predicted octanol–water partition coefficient (Wildman–Crippen LogP) is 1.57. The summed E-state index contributed by atoms with van der Waals surface area (Å²) in [5, 5.41) is 3.03. The minimum Gasteiger partial charge on any atom is -0.380 e. The van der Waals surface area contributed by atoms with Gasteiger partial charge in [-0.2, -0.15) is 0 Å². The number of rotatable bonds is 5. The highest BCUT2D eigenvalue weighted by Gasteiger charge is 2.15. The molecule has 0 aromatic heterocycles. The molecule has 0 aliphatic carbocycles. The Hall–Kier alpha value is -2.08. The summed E-state index contributed by atoms with van der Waals surface area (Å²) in [4.78, 5) is 18.0. The first-order valence-electron chi connectivity index (χ1n) is 7.62. The molecule has 6 nitrogen and oxygen atoms in total. The van der Waals surface area contributed by atoms with Crippen LogP contribution in [-0.4, -0.2) is 43.5 Å². The number of carbonyl (C=O) groups excluding carboxylic acids is 1. The van der Waals surface area contributed by atoms with Gasteiger partial charge in [-0.3, -0.25) is 4.79 Å². The largest absolute Gasteiger partial charge is 0.380 e. The average molecular weight is 304 g/mol. The van der Waals surface area contributed by atoms with Crippen LogP contribution in [0.25, 0.3) is 0 Å². The van der Waals surface area contributed by atoms with Crippen LogP contribution in [0.4, 0.5) is 5.69 Å². The monoisotopic (exact) mass is 304 g/mol. The van der Waals surface area contributed by atoms with Crippen molar-refractivity contribution in [3.8, 4) is 0 Å². The van der Waals surface area contributed by atoms with Crippen molar-refractivity contribution in [1.29, 1.82) is 0 Å². The molecule has 1 aliphatic rings. The number of amides is 1. The topological polar surface area (TPSA) is 80.0 Å². The lowest BCUT2D eigenvalue weighted by molar-refractivity contribution is -0.130. The fourth-order valence-corrected chi connectivity index (χ4v) is 2.50. The van der Waals surface area contributed by atoms with Crippen LogP contribution in [-0.2, 0) is 16.1 Å². The van der Waals surface area contributed by atoms with Crippen LogP contribution in [0.2, 0.25) is 0 Å². The Kier molecular flexibility index (Phi) is 6.21. The third-order valence-electron chi connectivity index (χ3n) is 3.67. The van der Waals surface area contributed by atoms with Gasteiger partial charge in [0.1, 0.15) is 6.54 Å². The van der Waals surface area contributed by atoms with Crippen LogP contribution in [0, 0.1) is 0 Å². The van der Waals surface area contributed by atoms with Crippen molar-refractivity contribution in [3.05, 3.63) is 29.8 Å². The number of nitrogens with zero attached hydrogens (tertiary/aromatic N) is 2. The van der Waals surface area contributed by atoms with E-state index in [2.05, 4.69) is 10.3 Å². The Morgan fingerprint density at radius 2 is 2.05 bits per heavy atom. The zero-order chi connectivity index (χ0) is 15.8. The lowest BCUT2D eigenvalue weighted by Crippen LogP contribution is -2.37. The molecule has 1 amide bonds. The van der Waals surface area contributed by atoms with Gasteiger partial charge < -0.3 is 20.7 Å². The van der Waals surface area contributed by atoms with E-state index in [0.717, 1.165) is 37.2 Å². The van der Waals surface area contributed by atoms with E-state index in [1.165, 1.54) is 6.42 Å².